The molecule has 0 aliphatic rings. The van der Waals surface area contributed by atoms with E-state index in [0.29, 0.717) is 11.4 Å². The lowest BCUT2D eigenvalue weighted by atomic mass is 10.1. The predicted octanol–water partition coefficient (Wildman–Crippen LogP) is 5.49. The first-order valence-electron chi connectivity index (χ1n) is 8.66. The minimum Gasteiger partial charge on any atom is -0.334 e. The van der Waals surface area contributed by atoms with Crippen molar-refractivity contribution in [3.05, 3.63) is 81.2 Å². The van der Waals surface area contributed by atoms with E-state index < -0.39 is 4.92 Å². The number of hydrogen-bond donors (Lipinski definition) is 2. The van der Waals surface area contributed by atoms with Gasteiger partial charge in [-0.25, -0.2) is 9.97 Å². The molecule has 0 spiro atoms. The molecule has 2 aromatic heterocycles. The largest absolute Gasteiger partial charge is 0.353 e. The third kappa shape index (κ3) is 3.99. The molecule has 4 rings (SSSR count). The van der Waals surface area contributed by atoms with Gasteiger partial charge in [0.15, 0.2) is 0 Å². The highest BCUT2D eigenvalue weighted by atomic mass is 79.9. The number of benzene rings is 2. The number of nitro groups is 1. The standard InChI is InChI=1S/C20H15BrN6O2/c1-12-5-10-15-16(24-12)3-2-4-17(15)26-20-18(27(28)29)19(22-11-23-20)25-14-8-6-13(21)7-9-14/h2-11H,1H3,(H2,22,23,25,26). The molecular formula is C20H15BrN6O2. The molecule has 0 saturated carbocycles. The molecule has 0 aliphatic heterocycles. The molecule has 8 nitrogen and oxygen atoms in total. The molecule has 4 aromatic rings. The van der Waals surface area contributed by atoms with Gasteiger partial charge in [-0.1, -0.05) is 22.0 Å². The second-order valence-electron chi connectivity index (χ2n) is 6.26. The van der Waals surface area contributed by atoms with Gasteiger partial charge in [-0.3, -0.25) is 15.1 Å². The molecule has 9 heteroatoms. The Balaban J connectivity index is 1.75. The van der Waals surface area contributed by atoms with E-state index in [9.17, 15) is 10.1 Å². The van der Waals surface area contributed by atoms with Crippen LogP contribution in [0.1, 0.15) is 5.69 Å². The van der Waals surface area contributed by atoms with Gasteiger partial charge in [-0.15, -0.1) is 0 Å². The fourth-order valence-electron chi connectivity index (χ4n) is 2.90. The Bertz CT molecular complexity index is 1210. The van der Waals surface area contributed by atoms with Gasteiger partial charge in [0.05, 0.1) is 10.4 Å². The average Bonchev–Trinajstić information content (AvgIpc) is 2.69. The maximum atomic E-state index is 11.8. The van der Waals surface area contributed by atoms with Gasteiger partial charge in [0, 0.05) is 26.9 Å². The van der Waals surface area contributed by atoms with Gasteiger partial charge in [0.1, 0.15) is 6.33 Å². The summed E-state index contributed by atoms with van der Waals surface area (Å²) in [5.41, 5.74) is 2.79. The lowest BCUT2D eigenvalue weighted by molar-refractivity contribution is -0.383. The number of halogens is 1. The molecule has 144 valence electrons. The monoisotopic (exact) mass is 450 g/mol. The molecule has 0 atom stereocenters. The number of pyridine rings is 1. The van der Waals surface area contributed by atoms with Gasteiger partial charge < -0.3 is 10.6 Å². The van der Waals surface area contributed by atoms with Gasteiger partial charge in [-0.2, -0.15) is 0 Å². The van der Waals surface area contributed by atoms with Gasteiger partial charge >= 0.3 is 5.69 Å². The Morgan fingerprint density at radius 2 is 1.69 bits per heavy atom. The topological polar surface area (TPSA) is 106 Å². The molecule has 0 fully saturated rings. The van der Waals surface area contributed by atoms with E-state index in [1.807, 2.05) is 49.4 Å². The highest BCUT2D eigenvalue weighted by Gasteiger charge is 2.23. The van der Waals surface area contributed by atoms with Crippen molar-refractivity contribution in [2.24, 2.45) is 0 Å². The van der Waals surface area contributed by atoms with E-state index in [4.69, 9.17) is 0 Å². The second-order valence-corrected chi connectivity index (χ2v) is 7.17. The summed E-state index contributed by atoms with van der Waals surface area (Å²) in [5.74, 6) is 0.196. The summed E-state index contributed by atoms with van der Waals surface area (Å²) in [4.78, 5) is 24.0. The van der Waals surface area contributed by atoms with Crippen molar-refractivity contribution in [1.29, 1.82) is 0 Å². The molecule has 29 heavy (non-hydrogen) atoms. The Labute approximate surface area is 174 Å². The number of rotatable bonds is 5. The molecule has 0 radical (unpaired) electrons. The van der Waals surface area contributed by atoms with Crippen LogP contribution in [0.2, 0.25) is 0 Å². The van der Waals surface area contributed by atoms with Crippen molar-refractivity contribution < 1.29 is 4.92 Å². The van der Waals surface area contributed by atoms with E-state index in [0.717, 1.165) is 21.1 Å². The summed E-state index contributed by atoms with van der Waals surface area (Å²) in [6, 6.07) is 16.6. The fraction of sp³-hybridized carbons (Fsp3) is 0.0500. The highest BCUT2D eigenvalue weighted by molar-refractivity contribution is 9.10. The Morgan fingerprint density at radius 3 is 2.41 bits per heavy atom. The van der Waals surface area contributed by atoms with E-state index in [2.05, 4.69) is 41.5 Å². The number of anilines is 4. The van der Waals surface area contributed by atoms with Crippen molar-refractivity contribution in [2.45, 2.75) is 6.92 Å². The van der Waals surface area contributed by atoms with E-state index in [1.165, 1.54) is 6.33 Å². The van der Waals surface area contributed by atoms with Crippen LogP contribution in [0.5, 0.6) is 0 Å². The Hall–Kier alpha value is -3.59. The van der Waals surface area contributed by atoms with Crippen LogP contribution in [0, 0.1) is 17.0 Å². The van der Waals surface area contributed by atoms with Crippen molar-refractivity contribution in [2.75, 3.05) is 10.6 Å². The minimum absolute atomic E-state index is 0.0951. The minimum atomic E-state index is -0.503. The van der Waals surface area contributed by atoms with Crippen LogP contribution >= 0.6 is 15.9 Å². The normalized spacial score (nSPS) is 10.7. The van der Waals surface area contributed by atoms with Gasteiger partial charge in [0.25, 0.3) is 0 Å². The SMILES string of the molecule is Cc1ccc2c(Nc3ncnc(Nc4ccc(Br)cc4)c3[N+](=O)[O-])cccc2n1. The van der Waals surface area contributed by atoms with E-state index in [1.54, 1.807) is 12.1 Å². The summed E-state index contributed by atoms with van der Waals surface area (Å²) in [6.07, 6.45) is 1.28. The molecule has 0 aliphatic carbocycles. The first-order chi connectivity index (χ1) is 14.0. The summed E-state index contributed by atoms with van der Waals surface area (Å²) >= 11 is 3.36. The molecule has 2 aromatic carbocycles. The number of hydrogen-bond acceptors (Lipinski definition) is 7. The summed E-state index contributed by atoms with van der Waals surface area (Å²) in [6.45, 7) is 1.91. The molecule has 0 saturated heterocycles. The first kappa shape index (κ1) is 18.8. The first-order valence-corrected chi connectivity index (χ1v) is 9.46. The smallest absolute Gasteiger partial charge is 0.334 e. The lowest BCUT2D eigenvalue weighted by Gasteiger charge is -2.12. The van der Waals surface area contributed by atoms with Gasteiger partial charge in [-0.05, 0) is 55.5 Å². The van der Waals surface area contributed by atoms with Crippen LogP contribution in [-0.4, -0.2) is 19.9 Å². The maximum absolute atomic E-state index is 11.8. The zero-order valence-corrected chi connectivity index (χ0v) is 16.8. The van der Waals surface area contributed by atoms with E-state index >= 15 is 0 Å². The highest BCUT2D eigenvalue weighted by Crippen LogP contribution is 2.34. The van der Waals surface area contributed by atoms with Crippen LogP contribution < -0.4 is 10.6 Å². The van der Waals surface area contributed by atoms with Crippen molar-refractivity contribution in [1.82, 2.24) is 15.0 Å². The number of nitrogens with zero attached hydrogens (tertiary/aromatic N) is 4. The number of nitrogens with one attached hydrogen (secondary N) is 2. The average molecular weight is 451 g/mol. The third-order valence-corrected chi connectivity index (χ3v) is 4.76. The summed E-state index contributed by atoms with van der Waals surface area (Å²) in [5, 5.41) is 18.7. The van der Waals surface area contributed by atoms with Crippen LogP contribution in [0.25, 0.3) is 10.9 Å². The second kappa shape index (κ2) is 7.80. The van der Waals surface area contributed by atoms with Crippen molar-refractivity contribution in [3.63, 3.8) is 0 Å². The molecular weight excluding hydrogens is 436 g/mol. The number of aromatic nitrogens is 3. The number of aryl methyl sites for hydroxylation is 1. The zero-order valence-electron chi connectivity index (χ0n) is 15.3. The quantitative estimate of drug-likeness (QED) is 0.305. The molecule has 2 N–H and O–H groups in total. The summed E-state index contributed by atoms with van der Waals surface area (Å²) < 4.78 is 0.905. The van der Waals surface area contributed by atoms with E-state index in [-0.39, 0.29) is 17.3 Å². The van der Waals surface area contributed by atoms with Crippen LogP contribution in [0.4, 0.5) is 28.7 Å². The van der Waals surface area contributed by atoms with Crippen LogP contribution in [0.15, 0.2) is 65.4 Å². The van der Waals surface area contributed by atoms with Crippen LogP contribution in [-0.2, 0) is 0 Å². The molecule has 0 unspecified atom stereocenters. The number of fused-ring (bicyclic) bond motifs is 1. The van der Waals surface area contributed by atoms with Crippen molar-refractivity contribution >= 4 is 55.5 Å². The summed E-state index contributed by atoms with van der Waals surface area (Å²) in [7, 11) is 0. The zero-order chi connectivity index (χ0) is 20.4. The Morgan fingerprint density at radius 1 is 0.966 bits per heavy atom. The van der Waals surface area contributed by atoms with Gasteiger partial charge in [0.2, 0.25) is 11.6 Å². The molecule has 0 amide bonds. The fourth-order valence-corrected chi connectivity index (χ4v) is 3.16. The van der Waals surface area contributed by atoms with Crippen molar-refractivity contribution in [3.8, 4) is 0 Å². The Kier molecular flexibility index (Phi) is 5.05. The third-order valence-electron chi connectivity index (χ3n) is 4.24. The maximum Gasteiger partial charge on any atom is 0.353 e. The van der Waals surface area contributed by atoms with Crippen LogP contribution in [0.3, 0.4) is 0 Å². The molecule has 0 bridgehead atoms. The predicted molar refractivity (Wildman–Crippen MR) is 116 cm³/mol. The lowest BCUT2D eigenvalue weighted by Crippen LogP contribution is -2.05. The molecule has 2 heterocycles.